The van der Waals surface area contributed by atoms with Crippen molar-refractivity contribution < 1.29 is 85.3 Å². The second kappa shape index (κ2) is 24.8. The number of phosphoric ester groups is 3. The van der Waals surface area contributed by atoms with Crippen LogP contribution in [-0.2, 0) is 55.5 Å². The molecule has 2 amide bonds. The van der Waals surface area contributed by atoms with E-state index in [2.05, 4.69) is 55.6 Å². The van der Waals surface area contributed by atoms with Gasteiger partial charge in [0.05, 0.1) is 27.4 Å². The average Bonchev–Trinajstić information content (AvgIpc) is 3.91. The van der Waals surface area contributed by atoms with Crippen LogP contribution >= 0.6 is 35.2 Å². The summed E-state index contributed by atoms with van der Waals surface area (Å²) in [5, 5.41) is 26.4. The zero-order valence-corrected chi connectivity index (χ0v) is 39.7. The highest BCUT2D eigenvalue weighted by molar-refractivity contribution is 8.13. The number of carbonyl (C=O) groups is 4. The van der Waals surface area contributed by atoms with Gasteiger partial charge in [0.1, 0.15) is 36.3 Å². The second-order valence-corrected chi connectivity index (χ2v) is 21.2. The fourth-order valence-electron chi connectivity index (χ4n) is 6.86. The highest BCUT2D eigenvalue weighted by Crippen LogP contribution is 2.56. The number of aliphatic hydroxyl groups excluding tert-OH is 2. The van der Waals surface area contributed by atoms with E-state index in [0.29, 0.717) is 18.6 Å². The number of nitrogens with two attached hydrogens (primary N) is 1. The van der Waals surface area contributed by atoms with Crippen LogP contribution in [0.15, 0.2) is 37.0 Å². The Labute approximate surface area is 384 Å². The average molecular weight is 1010 g/mol. The largest absolute Gasteiger partial charge is 0.790 e. The van der Waals surface area contributed by atoms with Crippen LogP contribution < -0.4 is 35.9 Å². The fraction of sp³-hybridized carbons (Fsp3) is 0.649. The minimum Gasteiger partial charge on any atom is -0.790 e. The summed E-state index contributed by atoms with van der Waals surface area (Å²) in [6, 6.07) is 0. The molecule has 370 valence electrons. The van der Waals surface area contributed by atoms with Gasteiger partial charge in [-0.3, -0.25) is 32.9 Å². The molecule has 1 saturated heterocycles. The van der Waals surface area contributed by atoms with Crippen molar-refractivity contribution in [3.05, 3.63) is 37.0 Å². The lowest BCUT2D eigenvalue weighted by atomic mass is 9.87. The predicted octanol–water partition coefficient (Wildman–Crippen LogP) is -0.185. The van der Waals surface area contributed by atoms with Crippen LogP contribution in [0.5, 0.6) is 0 Å². The molecule has 2 aromatic heterocycles. The standard InChI is InChI=1S/C37H58N7O18P3S/c1-4-5-7-11-24-23(13-14-25(24)45)10-8-6-9-12-28(47)66-18-17-39-27(46)15-16-40-35(50)32(49)37(2,3)20-59-65(56,57)62-64(54,55)58-19-26-31(61-63(51,52)53)30(48)36(60-26)44-22-43-29-33(38)41-21-42-34(29)44/h5,7,13-14,21-24,26,30-32,36,48-49H,4,6,8-12,15-20H2,1-3H3,(H,39,46)(H,40,50)(H,54,55)(H,56,57)(H2,38,41,42)(H2,51,52,53)/p-4/b7-5-/t23-,24-,26+,30+,31+,32-,36+/m0/s1. The molecule has 25 nitrogen and oxygen atoms in total. The molecule has 0 saturated carbocycles. The molecule has 0 spiro atoms. The maximum Gasteiger partial charge on any atom is 0.274 e. The molecular weight excluding hydrogens is 955 g/mol. The van der Waals surface area contributed by atoms with Gasteiger partial charge < -0.3 is 69.0 Å². The van der Waals surface area contributed by atoms with E-state index in [1.54, 1.807) is 6.08 Å². The van der Waals surface area contributed by atoms with Gasteiger partial charge in [0, 0.05) is 43.0 Å². The van der Waals surface area contributed by atoms with Crippen LogP contribution in [-0.4, -0.2) is 109 Å². The number of carbonyl (C=O) groups excluding carboxylic acids is 4. The minimum atomic E-state index is -5.93. The number of fused-ring (bicyclic) bond motifs is 1. The normalized spacial score (nSPS) is 23.6. The summed E-state index contributed by atoms with van der Waals surface area (Å²) in [6.07, 6.45) is 5.54. The first kappa shape index (κ1) is 55.3. The quantitative estimate of drug-likeness (QED) is 0.0419. The number of allylic oxidation sites excluding steroid dienone is 4. The molecule has 6 N–H and O–H groups in total. The summed E-state index contributed by atoms with van der Waals surface area (Å²) < 4.78 is 60.8. The first-order valence-corrected chi connectivity index (χ1v) is 26.1. The lowest BCUT2D eigenvalue weighted by Gasteiger charge is -2.36. The number of hydrogen-bond acceptors (Lipinski definition) is 23. The van der Waals surface area contributed by atoms with E-state index in [1.165, 1.54) is 13.8 Å². The fourth-order valence-corrected chi connectivity index (χ4v) is 10.3. The van der Waals surface area contributed by atoms with E-state index < -0.39 is 84.6 Å². The number of phosphoric acid groups is 3. The summed E-state index contributed by atoms with van der Waals surface area (Å²) in [7, 11) is -17.6. The van der Waals surface area contributed by atoms with Gasteiger partial charge in [-0.15, -0.1) is 0 Å². The zero-order valence-electron chi connectivity index (χ0n) is 36.2. The number of thioether (sulfide) groups is 1. The molecule has 0 bridgehead atoms. The van der Waals surface area contributed by atoms with E-state index >= 15 is 0 Å². The van der Waals surface area contributed by atoms with Gasteiger partial charge in [-0.05, 0) is 37.7 Å². The number of ketones is 1. The van der Waals surface area contributed by atoms with E-state index in [0.717, 1.165) is 61.1 Å². The molecule has 2 aromatic rings. The number of anilines is 1. The van der Waals surface area contributed by atoms with Crippen molar-refractivity contribution in [1.82, 2.24) is 30.2 Å². The van der Waals surface area contributed by atoms with E-state index in [9.17, 15) is 62.7 Å². The van der Waals surface area contributed by atoms with Crippen LogP contribution in [0.1, 0.15) is 78.4 Å². The van der Waals surface area contributed by atoms with Gasteiger partial charge in [-0.25, -0.2) is 19.3 Å². The molecule has 2 aliphatic rings. The number of imidazole rings is 1. The lowest BCUT2D eigenvalue weighted by molar-refractivity contribution is -0.347. The third-order valence-electron chi connectivity index (χ3n) is 10.3. The van der Waals surface area contributed by atoms with Crippen molar-refractivity contribution in [3.8, 4) is 0 Å². The molecule has 9 atom stereocenters. The number of rotatable bonds is 28. The van der Waals surface area contributed by atoms with Crippen molar-refractivity contribution in [1.29, 1.82) is 0 Å². The molecule has 66 heavy (non-hydrogen) atoms. The number of hydrogen-bond donors (Lipinski definition) is 5. The number of nitrogens with zero attached hydrogens (tertiary/aromatic N) is 4. The van der Waals surface area contributed by atoms with Crippen LogP contribution in [0.4, 0.5) is 5.82 Å². The van der Waals surface area contributed by atoms with Crippen molar-refractivity contribution >= 4 is 74.9 Å². The predicted molar refractivity (Wildman–Crippen MR) is 226 cm³/mol. The number of nitrogen functional groups attached to an aromatic ring is 1. The van der Waals surface area contributed by atoms with Crippen molar-refractivity contribution in [2.45, 2.75) is 103 Å². The first-order valence-electron chi connectivity index (χ1n) is 20.8. The first-order chi connectivity index (χ1) is 30.9. The molecule has 0 radical (unpaired) electrons. The molecule has 2 unspecified atom stereocenters. The monoisotopic (exact) mass is 1010 g/mol. The molecule has 4 rings (SSSR count). The van der Waals surface area contributed by atoms with E-state index in [-0.39, 0.29) is 59.2 Å². The lowest BCUT2D eigenvalue weighted by Crippen LogP contribution is -2.46. The van der Waals surface area contributed by atoms with Crippen LogP contribution in [0.25, 0.3) is 11.2 Å². The van der Waals surface area contributed by atoms with Gasteiger partial charge in [0.25, 0.3) is 15.6 Å². The Bertz CT molecular complexity index is 2210. The number of ether oxygens (including phenoxy) is 1. The van der Waals surface area contributed by atoms with Crippen molar-refractivity contribution in [2.24, 2.45) is 17.3 Å². The summed E-state index contributed by atoms with van der Waals surface area (Å²) in [5.74, 6) is -0.854. The highest BCUT2D eigenvalue weighted by atomic mass is 32.2. The minimum absolute atomic E-state index is 0.00654. The maximum absolute atomic E-state index is 12.6. The van der Waals surface area contributed by atoms with Crippen LogP contribution in [0, 0.1) is 17.3 Å². The highest BCUT2D eigenvalue weighted by Gasteiger charge is 2.47. The smallest absolute Gasteiger partial charge is 0.274 e. The summed E-state index contributed by atoms with van der Waals surface area (Å²) >= 11 is 1.09. The Kier molecular flexibility index (Phi) is 20.8. The Morgan fingerprint density at radius 3 is 2.47 bits per heavy atom. The van der Waals surface area contributed by atoms with E-state index in [1.807, 2.05) is 13.0 Å². The second-order valence-electron chi connectivity index (χ2n) is 16.0. The van der Waals surface area contributed by atoms with Gasteiger partial charge in [-0.2, -0.15) is 0 Å². The topological polar surface area (TPSA) is 392 Å². The molecule has 1 aliphatic heterocycles. The molecule has 3 heterocycles. The summed E-state index contributed by atoms with van der Waals surface area (Å²) in [5.41, 5.74) is 4.06. The van der Waals surface area contributed by atoms with Crippen molar-refractivity contribution in [2.75, 3.05) is 37.8 Å². The molecular formula is C37H54N7O18P3S-4. The molecule has 1 fully saturated rings. The third-order valence-corrected chi connectivity index (χ3v) is 14.3. The summed E-state index contributed by atoms with van der Waals surface area (Å²) in [4.78, 5) is 109. The maximum atomic E-state index is 12.6. The van der Waals surface area contributed by atoms with Gasteiger partial charge in [0.15, 0.2) is 28.6 Å². The molecule has 0 aromatic carbocycles. The molecule has 29 heteroatoms. The van der Waals surface area contributed by atoms with Crippen LogP contribution in [0.2, 0.25) is 0 Å². The number of amides is 2. The SMILES string of the molecule is CC/C=C\C[C@@H]1C(=O)C=C[C@@H]1CCCCCC(=O)SCCNC(=O)CCNC(=O)[C@H](O)C(C)(C)COP(=O)([O-])OP(=O)([O-])OC[C@H]1O[C@@H](n2cnc3c(N)ncnc32)[C@H](O)[C@@H]1OP(=O)([O-])[O-]. The Hall–Kier alpha value is -3.29. The Balaban J connectivity index is 1.12. The Morgan fingerprint density at radius 1 is 1.03 bits per heavy atom. The Morgan fingerprint density at radius 2 is 1.76 bits per heavy atom. The van der Waals surface area contributed by atoms with Crippen molar-refractivity contribution in [3.63, 3.8) is 0 Å². The zero-order chi connectivity index (χ0) is 48.9. The number of unbranched alkanes of at least 4 members (excludes halogenated alkanes) is 2. The van der Waals surface area contributed by atoms with E-state index in [4.69, 9.17) is 10.5 Å². The van der Waals surface area contributed by atoms with Gasteiger partial charge in [0.2, 0.25) is 11.8 Å². The van der Waals surface area contributed by atoms with Crippen LogP contribution in [0.3, 0.4) is 0 Å². The van der Waals surface area contributed by atoms with Gasteiger partial charge in [-0.1, -0.05) is 63.6 Å². The molecule has 1 aliphatic carbocycles. The number of aromatic nitrogens is 4. The number of aliphatic hydroxyl groups is 2. The third kappa shape index (κ3) is 17.0. The number of nitrogens with one attached hydrogen (secondary N) is 2. The van der Waals surface area contributed by atoms with Gasteiger partial charge >= 0.3 is 0 Å². The summed E-state index contributed by atoms with van der Waals surface area (Å²) in [6.45, 7) is 2.11.